The smallest absolute Gasteiger partial charge is 0.0320 e. The topological polar surface area (TPSA) is 26.0 Å². The number of benzene rings is 1. The highest BCUT2D eigenvalue weighted by molar-refractivity contribution is 5.18. The summed E-state index contributed by atoms with van der Waals surface area (Å²) < 4.78 is 0. The van der Waals surface area contributed by atoms with Gasteiger partial charge in [-0.15, -0.1) is 0 Å². The first-order valence-corrected chi connectivity index (χ1v) is 4.56. The molecule has 0 amide bonds. The van der Waals surface area contributed by atoms with Crippen LogP contribution in [0.5, 0.6) is 0 Å². The Morgan fingerprint density at radius 3 is 2.33 bits per heavy atom. The van der Waals surface area contributed by atoms with Crippen molar-refractivity contribution in [2.24, 2.45) is 11.7 Å². The zero-order chi connectivity index (χ0) is 8.97. The van der Waals surface area contributed by atoms with Gasteiger partial charge in [0.05, 0.1) is 0 Å². The van der Waals surface area contributed by atoms with Crippen molar-refractivity contribution in [1.82, 2.24) is 0 Å². The molecule has 0 aliphatic rings. The lowest BCUT2D eigenvalue weighted by Crippen LogP contribution is -2.18. The van der Waals surface area contributed by atoms with Crippen LogP contribution in [0.25, 0.3) is 0 Å². The molecule has 0 fully saturated rings. The SMILES string of the molecule is CC[C@H](C)[C@H](N)c1ccccc1. The fourth-order valence-electron chi connectivity index (χ4n) is 1.26. The van der Waals surface area contributed by atoms with Crippen molar-refractivity contribution in [3.8, 4) is 0 Å². The molecule has 1 aromatic carbocycles. The van der Waals surface area contributed by atoms with Gasteiger partial charge in [-0.05, 0) is 11.5 Å². The van der Waals surface area contributed by atoms with E-state index in [0.29, 0.717) is 5.92 Å². The minimum Gasteiger partial charge on any atom is -0.324 e. The van der Waals surface area contributed by atoms with Crippen molar-refractivity contribution < 1.29 is 0 Å². The monoisotopic (exact) mass is 163 g/mol. The predicted molar refractivity (Wildman–Crippen MR) is 52.8 cm³/mol. The molecule has 0 saturated heterocycles. The van der Waals surface area contributed by atoms with Gasteiger partial charge in [0, 0.05) is 6.04 Å². The van der Waals surface area contributed by atoms with Crippen LogP contribution in [0.2, 0.25) is 0 Å². The van der Waals surface area contributed by atoms with E-state index in [-0.39, 0.29) is 6.04 Å². The zero-order valence-corrected chi connectivity index (χ0v) is 7.83. The Hall–Kier alpha value is -0.820. The molecule has 0 aliphatic carbocycles. The van der Waals surface area contributed by atoms with Gasteiger partial charge >= 0.3 is 0 Å². The van der Waals surface area contributed by atoms with Crippen molar-refractivity contribution in [3.63, 3.8) is 0 Å². The molecule has 1 heteroatoms. The van der Waals surface area contributed by atoms with Gasteiger partial charge in [-0.3, -0.25) is 0 Å². The van der Waals surface area contributed by atoms with E-state index >= 15 is 0 Å². The maximum atomic E-state index is 6.05. The molecule has 2 N–H and O–H groups in total. The molecule has 0 saturated carbocycles. The molecule has 1 rings (SSSR count). The van der Waals surface area contributed by atoms with E-state index in [1.807, 2.05) is 18.2 Å². The molecular weight excluding hydrogens is 146 g/mol. The number of hydrogen-bond acceptors (Lipinski definition) is 1. The summed E-state index contributed by atoms with van der Waals surface area (Å²) in [6, 6.07) is 10.5. The number of nitrogens with two attached hydrogens (primary N) is 1. The maximum absolute atomic E-state index is 6.05. The molecule has 0 heterocycles. The molecule has 0 unspecified atom stereocenters. The van der Waals surface area contributed by atoms with Crippen molar-refractivity contribution in [1.29, 1.82) is 0 Å². The minimum atomic E-state index is 0.191. The Kier molecular flexibility index (Phi) is 3.30. The molecule has 0 bridgehead atoms. The molecule has 0 radical (unpaired) electrons. The van der Waals surface area contributed by atoms with E-state index in [1.165, 1.54) is 5.56 Å². The molecule has 1 aromatic rings. The van der Waals surface area contributed by atoms with E-state index in [1.54, 1.807) is 0 Å². The van der Waals surface area contributed by atoms with Crippen LogP contribution in [-0.4, -0.2) is 0 Å². The summed E-state index contributed by atoms with van der Waals surface area (Å²) >= 11 is 0. The van der Waals surface area contributed by atoms with Crippen LogP contribution in [0.3, 0.4) is 0 Å². The first-order chi connectivity index (χ1) is 5.75. The van der Waals surface area contributed by atoms with Crippen LogP contribution in [0, 0.1) is 5.92 Å². The Balaban J connectivity index is 2.71. The van der Waals surface area contributed by atoms with Gasteiger partial charge in [-0.25, -0.2) is 0 Å². The summed E-state index contributed by atoms with van der Waals surface area (Å²) in [6.07, 6.45) is 1.13. The number of rotatable bonds is 3. The van der Waals surface area contributed by atoms with Gasteiger partial charge in [-0.1, -0.05) is 50.6 Å². The van der Waals surface area contributed by atoms with Crippen LogP contribution in [0.1, 0.15) is 31.9 Å². The minimum absolute atomic E-state index is 0.191. The lowest BCUT2D eigenvalue weighted by atomic mass is 9.94. The van der Waals surface area contributed by atoms with Crippen molar-refractivity contribution in [2.75, 3.05) is 0 Å². The number of hydrogen-bond donors (Lipinski definition) is 1. The Bertz CT molecular complexity index is 218. The van der Waals surface area contributed by atoms with Gasteiger partial charge in [0.2, 0.25) is 0 Å². The molecule has 12 heavy (non-hydrogen) atoms. The molecule has 0 aromatic heterocycles. The quantitative estimate of drug-likeness (QED) is 0.728. The third kappa shape index (κ3) is 2.08. The normalized spacial score (nSPS) is 15.6. The van der Waals surface area contributed by atoms with E-state index in [9.17, 15) is 0 Å². The summed E-state index contributed by atoms with van der Waals surface area (Å²) in [5.41, 5.74) is 7.29. The highest BCUT2D eigenvalue weighted by Crippen LogP contribution is 2.20. The van der Waals surface area contributed by atoms with Gasteiger partial charge in [0.1, 0.15) is 0 Å². The van der Waals surface area contributed by atoms with Crippen LogP contribution in [0.15, 0.2) is 30.3 Å². The molecule has 1 nitrogen and oxygen atoms in total. The Morgan fingerprint density at radius 2 is 1.83 bits per heavy atom. The van der Waals surface area contributed by atoms with Crippen LogP contribution < -0.4 is 5.73 Å². The van der Waals surface area contributed by atoms with Crippen molar-refractivity contribution in [3.05, 3.63) is 35.9 Å². The van der Waals surface area contributed by atoms with Crippen LogP contribution in [-0.2, 0) is 0 Å². The Morgan fingerprint density at radius 1 is 1.25 bits per heavy atom. The van der Waals surface area contributed by atoms with E-state index in [4.69, 9.17) is 5.73 Å². The zero-order valence-electron chi connectivity index (χ0n) is 7.83. The lowest BCUT2D eigenvalue weighted by Gasteiger charge is -2.18. The molecule has 2 atom stereocenters. The summed E-state index contributed by atoms with van der Waals surface area (Å²) in [4.78, 5) is 0. The second-order valence-electron chi connectivity index (χ2n) is 3.32. The van der Waals surface area contributed by atoms with Crippen LogP contribution in [0.4, 0.5) is 0 Å². The maximum Gasteiger partial charge on any atom is 0.0320 e. The van der Waals surface area contributed by atoms with Gasteiger partial charge in [0.25, 0.3) is 0 Å². The molecular formula is C11H17N. The first kappa shape index (κ1) is 9.27. The Labute approximate surface area is 74.6 Å². The summed E-state index contributed by atoms with van der Waals surface area (Å²) in [5, 5.41) is 0. The highest BCUT2D eigenvalue weighted by atomic mass is 14.6. The second-order valence-corrected chi connectivity index (χ2v) is 3.32. The summed E-state index contributed by atoms with van der Waals surface area (Å²) in [6.45, 7) is 4.37. The average molecular weight is 163 g/mol. The van der Waals surface area contributed by atoms with Gasteiger partial charge in [-0.2, -0.15) is 0 Å². The fraction of sp³-hybridized carbons (Fsp3) is 0.455. The summed E-state index contributed by atoms with van der Waals surface area (Å²) in [7, 11) is 0. The summed E-state index contributed by atoms with van der Waals surface area (Å²) in [5.74, 6) is 0.562. The standard InChI is InChI=1S/C11H17N/c1-3-9(2)11(12)10-7-5-4-6-8-10/h4-9,11H,3,12H2,1-2H3/t9-,11-/m0/s1. The van der Waals surface area contributed by atoms with E-state index in [0.717, 1.165) is 6.42 Å². The van der Waals surface area contributed by atoms with Crippen LogP contribution >= 0.6 is 0 Å². The molecule has 0 spiro atoms. The lowest BCUT2D eigenvalue weighted by molar-refractivity contribution is 0.457. The largest absolute Gasteiger partial charge is 0.324 e. The predicted octanol–water partition coefficient (Wildman–Crippen LogP) is 2.73. The molecule has 66 valence electrons. The fourth-order valence-corrected chi connectivity index (χ4v) is 1.26. The second kappa shape index (κ2) is 4.27. The average Bonchev–Trinajstić information content (AvgIpc) is 2.17. The highest BCUT2D eigenvalue weighted by Gasteiger charge is 2.11. The third-order valence-electron chi connectivity index (χ3n) is 2.44. The van der Waals surface area contributed by atoms with Gasteiger partial charge in [0.15, 0.2) is 0 Å². The van der Waals surface area contributed by atoms with Crippen molar-refractivity contribution in [2.45, 2.75) is 26.3 Å². The molecule has 0 aliphatic heterocycles. The van der Waals surface area contributed by atoms with E-state index < -0.39 is 0 Å². The first-order valence-electron chi connectivity index (χ1n) is 4.56. The van der Waals surface area contributed by atoms with Crippen molar-refractivity contribution >= 4 is 0 Å². The van der Waals surface area contributed by atoms with Gasteiger partial charge < -0.3 is 5.73 Å². The third-order valence-corrected chi connectivity index (χ3v) is 2.44. The van der Waals surface area contributed by atoms with E-state index in [2.05, 4.69) is 26.0 Å².